The number of allylic oxidation sites excluding steroid dienone is 4. The SMILES string of the molecule is CC1C=CCC(C)(C)C1C(=O)CC(C)C(CCCCCCCCCC(=O)O)(C(=O)O)C(C)CC(=O)C1C(C)C=CCC1(C)C. The highest BCUT2D eigenvalue weighted by Gasteiger charge is 2.51. The third kappa shape index (κ3) is 9.63. The number of carbonyl (C=O) groups is 4. The fourth-order valence-electron chi connectivity index (χ4n) is 8.84. The van der Waals surface area contributed by atoms with Crippen molar-refractivity contribution in [2.75, 3.05) is 0 Å². The molecule has 0 fully saturated rings. The van der Waals surface area contributed by atoms with Gasteiger partial charge in [0.2, 0.25) is 0 Å². The Balaban J connectivity index is 2.25. The van der Waals surface area contributed by atoms with Gasteiger partial charge < -0.3 is 10.2 Å². The lowest BCUT2D eigenvalue weighted by Crippen LogP contribution is -2.47. The number of ketones is 2. The largest absolute Gasteiger partial charge is 0.481 e. The summed E-state index contributed by atoms with van der Waals surface area (Å²) in [5, 5.41) is 19.8. The summed E-state index contributed by atoms with van der Waals surface area (Å²) < 4.78 is 0. The normalized spacial score (nSPS) is 26.8. The number of rotatable bonds is 19. The van der Waals surface area contributed by atoms with Crippen molar-refractivity contribution in [3.05, 3.63) is 24.3 Å². The molecule has 0 aromatic carbocycles. The lowest BCUT2D eigenvalue weighted by Gasteiger charge is -2.44. The molecule has 0 radical (unpaired) electrons. The Hall–Kier alpha value is -2.24. The van der Waals surface area contributed by atoms with Crippen LogP contribution in [0.3, 0.4) is 0 Å². The molecule has 0 aromatic heterocycles. The van der Waals surface area contributed by atoms with Gasteiger partial charge in [-0.2, -0.15) is 0 Å². The predicted molar refractivity (Wildman–Crippen MR) is 177 cm³/mol. The quantitative estimate of drug-likeness (QED) is 0.111. The van der Waals surface area contributed by atoms with Crippen LogP contribution < -0.4 is 0 Å². The van der Waals surface area contributed by atoms with Crippen LogP contribution in [0.5, 0.6) is 0 Å². The van der Waals surface area contributed by atoms with Crippen molar-refractivity contribution in [1.29, 1.82) is 0 Å². The highest BCUT2D eigenvalue weighted by atomic mass is 16.4. The maximum Gasteiger partial charge on any atom is 0.310 e. The minimum absolute atomic E-state index is 0.107. The number of aliphatic carboxylic acids is 2. The Labute approximate surface area is 267 Å². The molecule has 0 bridgehead atoms. The Kier molecular flexibility index (Phi) is 14.1. The van der Waals surface area contributed by atoms with E-state index >= 15 is 0 Å². The van der Waals surface area contributed by atoms with Gasteiger partial charge in [-0.3, -0.25) is 19.2 Å². The van der Waals surface area contributed by atoms with Crippen molar-refractivity contribution in [2.45, 2.75) is 139 Å². The number of carbonyl (C=O) groups excluding carboxylic acids is 2. The topological polar surface area (TPSA) is 109 Å². The summed E-state index contributed by atoms with van der Waals surface area (Å²) in [6, 6.07) is 0. The lowest BCUT2D eigenvalue weighted by molar-refractivity contribution is -0.159. The lowest BCUT2D eigenvalue weighted by atomic mass is 9.58. The number of hydrogen-bond acceptors (Lipinski definition) is 4. The molecule has 0 aromatic rings. The van der Waals surface area contributed by atoms with Crippen LogP contribution in [-0.4, -0.2) is 33.7 Å². The molecule has 2 N–H and O–H groups in total. The van der Waals surface area contributed by atoms with Gasteiger partial charge in [0.05, 0.1) is 5.41 Å². The van der Waals surface area contributed by atoms with E-state index in [9.17, 15) is 24.3 Å². The van der Waals surface area contributed by atoms with Gasteiger partial charge in [-0.25, -0.2) is 0 Å². The van der Waals surface area contributed by atoms with Gasteiger partial charge in [-0.05, 0) is 60.2 Å². The van der Waals surface area contributed by atoms with E-state index < -0.39 is 29.2 Å². The number of carboxylic acids is 2. The zero-order valence-corrected chi connectivity index (χ0v) is 29.0. The molecule has 0 amide bonds. The summed E-state index contributed by atoms with van der Waals surface area (Å²) in [5.74, 6) is -2.29. The van der Waals surface area contributed by atoms with Crippen molar-refractivity contribution >= 4 is 23.5 Å². The molecule has 0 saturated carbocycles. The maximum atomic E-state index is 13.9. The summed E-state index contributed by atoms with van der Waals surface area (Å²) in [6.07, 6.45) is 17.4. The van der Waals surface area contributed by atoms with Crippen LogP contribution in [0.4, 0.5) is 0 Å². The van der Waals surface area contributed by atoms with E-state index in [1.54, 1.807) is 0 Å². The Bertz CT molecular complexity index is 992. The standard InChI is InChI=1S/C38H62O6/c1-26-18-16-21-36(5,6)33(26)30(39)24-28(3)38(35(43)44,23-15-13-11-9-10-12-14-20-32(41)42)29(4)25-31(40)34-27(2)19-17-22-37(34,7)8/h16-19,26-29,33-34H,9-15,20-25H2,1-8H3,(H,41,42)(H,43,44). The minimum atomic E-state index is -1.18. The second-order valence-electron chi connectivity index (χ2n) is 15.8. The molecule has 2 rings (SSSR count). The summed E-state index contributed by atoms with van der Waals surface area (Å²) >= 11 is 0. The van der Waals surface area contributed by atoms with Crippen LogP contribution in [0.15, 0.2) is 24.3 Å². The van der Waals surface area contributed by atoms with Gasteiger partial charge >= 0.3 is 11.9 Å². The highest BCUT2D eigenvalue weighted by molar-refractivity contribution is 5.86. The smallest absolute Gasteiger partial charge is 0.310 e. The number of hydrogen-bond donors (Lipinski definition) is 2. The molecule has 2 aliphatic rings. The average Bonchev–Trinajstić information content (AvgIpc) is 2.88. The molecule has 0 heterocycles. The van der Waals surface area contributed by atoms with Crippen molar-refractivity contribution in [2.24, 2.45) is 51.8 Å². The van der Waals surface area contributed by atoms with Crippen LogP contribution in [0.2, 0.25) is 0 Å². The number of Topliss-reactive ketones (excluding diaryl/α,β-unsaturated/α-hetero) is 2. The number of unbranched alkanes of at least 4 members (excludes halogenated alkanes) is 6. The Morgan fingerprint density at radius 1 is 0.705 bits per heavy atom. The van der Waals surface area contributed by atoms with Crippen LogP contribution in [0, 0.1) is 51.8 Å². The van der Waals surface area contributed by atoms with E-state index in [1.807, 2.05) is 13.8 Å². The van der Waals surface area contributed by atoms with Gasteiger partial charge in [-0.1, -0.05) is 118 Å². The van der Waals surface area contributed by atoms with E-state index in [0.29, 0.717) is 12.8 Å². The molecule has 0 spiro atoms. The molecule has 6 nitrogen and oxygen atoms in total. The molecule has 0 saturated heterocycles. The molecule has 6 heteroatoms. The van der Waals surface area contributed by atoms with Crippen LogP contribution in [0.1, 0.15) is 139 Å². The van der Waals surface area contributed by atoms with Gasteiger partial charge in [0.1, 0.15) is 11.6 Å². The second-order valence-corrected chi connectivity index (χ2v) is 15.8. The zero-order chi connectivity index (χ0) is 33.3. The van der Waals surface area contributed by atoms with E-state index in [-0.39, 0.29) is 65.3 Å². The average molecular weight is 615 g/mol. The number of carboxylic acid groups (broad SMARTS) is 2. The van der Waals surface area contributed by atoms with E-state index in [4.69, 9.17) is 5.11 Å². The van der Waals surface area contributed by atoms with Crippen molar-refractivity contribution < 1.29 is 29.4 Å². The molecule has 2 aliphatic carbocycles. The van der Waals surface area contributed by atoms with Crippen molar-refractivity contribution in [1.82, 2.24) is 0 Å². The maximum absolute atomic E-state index is 13.9. The molecule has 44 heavy (non-hydrogen) atoms. The first-order valence-corrected chi connectivity index (χ1v) is 17.3. The van der Waals surface area contributed by atoms with Gasteiger partial charge in [0.25, 0.3) is 0 Å². The first kappa shape index (κ1) is 37.9. The Morgan fingerprint density at radius 2 is 1.09 bits per heavy atom. The van der Waals surface area contributed by atoms with Crippen LogP contribution >= 0.6 is 0 Å². The predicted octanol–water partition coefficient (Wildman–Crippen LogP) is 9.32. The molecular weight excluding hydrogens is 552 g/mol. The summed E-state index contributed by atoms with van der Waals surface area (Å²) in [6.45, 7) is 16.6. The van der Waals surface area contributed by atoms with Crippen molar-refractivity contribution in [3.8, 4) is 0 Å². The molecule has 6 unspecified atom stereocenters. The minimum Gasteiger partial charge on any atom is -0.481 e. The second kappa shape index (κ2) is 16.4. The fourth-order valence-corrected chi connectivity index (χ4v) is 8.84. The van der Waals surface area contributed by atoms with Gasteiger partial charge in [-0.15, -0.1) is 0 Å². The van der Waals surface area contributed by atoms with Crippen molar-refractivity contribution in [3.63, 3.8) is 0 Å². The molecular formula is C38H62O6. The van der Waals surface area contributed by atoms with Gasteiger partial charge in [0.15, 0.2) is 0 Å². The molecule has 0 aliphatic heterocycles. The summed E-state index contributed by atoms with van der Waals surface area (Å²) in [7, 11) is 0. The van der Waals surface area contributed by atoms with E-state index in [2.05, 4.69) is 65.8 Å². The first-order chi connectivity index (χ1) is 20.5. The third-order valence-corrected chi connectivity index (χ3v) is 11.2. The molecule has 6 atom stereocenters. The Morgan fingerprint density at radius 3 is 1.45 bits per heavy atom. The molecule has 250 valence electrons. The monoisotopic (exact) mass is 614 g/mol. The fraction of sp³-hybridized carbons (Fsp3) is 0.789. The first-order valence-electron chi connectivity index (χ1n) is 17.3. The highest BCUT2D eigenvalue weighted by Crippen LogP contribution is 2.49. The summed E-state index contributed by atoms with van der Waals surface area (Å²) in [4.78, 5) is 52.0. The summed E-state index contributed by atoms with van der Waals surface area (Å²) in [5.41, 5.74) is -1.54. The van der Waals surface area contributed by atoms with E-state index in [1.165, 1.54) is 0 Å². The van der Waals surface area contributed by atoms with Crippen LogP contribution in [0.25, 0.3) is 0 Å². The third-order valence-electron chi connectivity index (χ3n) is 11.2. The van der Waals surface area contributed by atoms with Gasteiger partial charge in [0, 0.05) is 31.1 Å². The van der Waals surface area contributed by atoms with E-state index in [0.717, 1.165) is 51.4 Å². The zero-order valence-electron chi connectivity index (χ0n) is 29.0. The van der Waals surface area contributed by atoms with Crippen LogP contribution in [-0.2, 0) is 19.2 Å².